The van der Waals surface area contributed by atoms with Crippen LogP contribution in [0.25, 0.3) is 11.1 Å². The van der Waals surface area contributed by atoms with Crippen LogP contribution in [0.1, 0.15) is 74.8 Å². The summed E-state index contributed by atoms with van der Waals surface area (Å²) in [6, 6.07) is 14.2. The molecule has 1 amide bonds. The zero-order valence-corrected chi connectivity index (χ0v) is 25.5. The van der Waals surface area contributed by atoms with Gasteiger partial charge in [-0.1, -0.05) is 54.4 Å². The van der Waals surface area contributed by atoms with Crippen molar-refractivity contribution in [3.63, 3.8) is 0 Å². The summed E-state index contributed by atoms with van der Waals surface area (Å²) < 4.78 is 42.1. The maximum atomic E-state index is 13.8. The van der Waals surface area contributed by atoms with Crippen molar-refractivity contribution in [3.05, 3.63) is 64.8 Å². The Morgan fingerprint density at radius 3 is 2.60 bits per heavy atom. The molecular weight excluding hydrogens is 558 g/mol. The summed E-state index contributed by atoms with van der Waals surface area (Å²) in [5.74, 6) is -1.79. The molecule has 0 bridgehead atoms. The van der Waals surface area contributed by atoms with Crippen LogP contribution in [-0.2, 0) is 22.7 Å². The van der Waals surface area contributed by atoms with Gasteiger partial charge < -0.3 is 9.26 Å². The Morgan fingerprint density at radius 1 is 1.14 bits per heavy atom. The smallest absolute Gasteiger partial charge is 0.256 e. The number of anilines is 1. The van der Waals surface area contributed by atoms with Crippen LogP contribution in [0.5, 0.6) is 0 Å². The third-order valence-electron chi connectivity index (χ3n) is 8.08. The minimum Gasteiger partial charge on any atom is -0.377 e. The van der Waals surface area contributed by atoms with Gasteiger partial charge in [0.2, 0.25) is 11.8 Å². The summed E-state index contributed by atoms with van der Waals surface area (Å²) in [6.45, 7) is 7.97. The Kier molecular flexibility index (Phi) is 9.03. The van der Waals surface area contributed by atoms with Crippen molar-refractivity contribution in [1.29, 1.82) is 0 Å². The van der Waals surface area contributed by atoms with Gasteiger partial charge in [0.15, 0.2) is 0 Å². The average molecular weight is 597 g/mol. The van der Waals surface area contributed by atoms with Gasteiger partial charge in [-0.15, -0.1) is 0 Å². The second-order valence-electron chi connectivity index (χ2n) is 11.3. The van der Waals surface area contributed by atoms with E-state index in [2.05, 4.69) is 28.1 Å². The molecule has 2 aliphatic rings. The van der Waals surface area contributed by atoms with E-state index in [0.717, 1.165) is 58.2 Å². The van der Waals surface area contributed by atoms with Crippen LogP contribution >= 0.6 is 11.9 Å². The predicted octanol–water partition coefficient (Wildman–Crippen LogP) is 8.10. The van der Waals surface area contributed by atoms with E-state index in [9.17, 15) is 13.6 Å². The summed E-state index contributed by atoms with van der Waals surface area (Å²) >= 11 is 1.45. The van der Waals surface area contributed by atoms with Crippen LogP contribution in [0.2, 0.25) is 0 Å². The molecule has 3 aromatic rings. The van der Waals surface area contributed by atoms with E-state index in [0.29, 0.717) is 37.8 Å². The molecule has 1 spiro atoms. The Labute approximate surface area is 250 Å². The Morgan fingerprint density at radius 2 is 1.90 bits per heavy atom. The van der Waals surface area contributed by atoms with E-state index in [1.54, 1.807) is 4.90 Å². The molecule has 0 atom stereocenters. The molecule has 1 aliphatic carbocycles. The SMILES string of the molecule is CCOCc1cc(CN2C(=O)C3(CCCC3)N=C2CCC(C)(F)F)ccc1-c1ccccc1SNc1onc(C)c1C. The molecule has 1 aromatic heterocycles. The number of nitrogens with zero attached hydrogens (tertiary/aromatic N) is 3. The Hall–Kier alpha value is -3.24. The van der Waals surface area contributed by atoms with E-state index in [1.807, 2.05) is 45.0 Å². The number of aliphatic imine (C=N–C) groups is 1. The highest BCUT2D eigenvalue weighted by molar-refractivity contribution is 8.00. The van der Waals surface area contributed by atoms with Gasteiger partial charge in [-0.25, -0.2) is 8.78 Å². The first-order valence-corrected chi connectivity index (χ1v) is 15.3. The number of halogens is 2. The van der Waals surface area contributed by atoms with Crippen molar-refractivity contribution >= 4 is 29.6 Å². The van der Waals surface area contributed by atoms with Gasteiger partial charge in [0.1, 0.15) is 11.4 Å². The summed E-state index contributed by atoms with van der Waals surface area (Å²) in [4.78, 5) is 21.1. The predicted molar refractivity (Wildman–Crippen MR) is 162 cm³/mol. The summed E-state index contributed by atoms with van der Waals surface area (Å²) in [7, 11) is 0. The first-order chi connectivity index (χ1) is 20.1. The monoisotopic (exact) mass is 596 g/mol. The summed E-state index contributed by atoms with van der Waals surface area (Å²) in [6.07, 6.45) is 2.94. The van der Waals surface area contributed by atoms with Gasteiger partial charge in [0.05, 0.1) is 18.8 Å². The lowest BCUT2D eigenvalue weighted by molar-refractivity contribution is -0.131. The maximum absolute atomic E-state index is 13.8. The van der Waals surface area contributed by atoms with Gasteiger partial charge in [0, 0.05) is 29.9 Å². The van der Waals surface area contributed by atoms with Crippen LogP contribution in [0, 0.1) is 13.8 Å². The number of carbonyl (C=O) groups excluding carboxylic acids is 1. The first kappa shape index (κ1) is 30.2. The lowest BCUT2D eigenvalue weighted by Crippen LogP contribution is -2.40. The van der Waals surface area contributed by atoms with E-state index in [1.165, 1.54) is 11.9 Å². The fourth-order valence-corrected chi connectivity index (χ4v) is 6.43. The lowest BCUT2D eigenvalue weighted by atomic mass is 9.96. The molecule has 1 aliphatic heterocycles. The average Bonchev–Trinajstić information content (AvgIpc) is 3.64. The number of aryl methyl sites for hydroxylation is 1. The molecule has 2 heterocycles. The van der Waals surface area contributed by atoms with Gasteiger partial charge >= 0.3 is 0 Å². The molecule has 7 nitrogen and oxygen atoms in total. The number of hydrogen-bond acceptors (Lipinski definition) is 7. The normalized spacial score (nSPS) is 16.5. The number of aromatic nitrogens is 1. The van der Waals surface area contributed by atoms with Crippen molar-refractivity contribution in [2.75, 3.05) is 11.3 Å². The number of benzene rings is 2. The zero-order chi connectivity index (χ0) is 29.9. The van der Waals surface area contributed by atoms with E-state index >= 15 is 0 Å². The molecule has 224 valence electrons. The fourth-order valence-electron chi connectivity index (χ4n) is 5.61. The second-order valence-corrected chi connectivity index (χ2v) is 12.1. The number of carbonyl (C=O) groups is 1. The molecule has 0 radical (unpaired) electrons. The van der Waals surface area contributed by atoms with Gasteiger partial charge in [-0.2, -0.15) is 0 Å². The zero-order valence-electron chi connectivity index (χ0n) is 24.6. The quantitative estimate of drug-likeness (QED) is 0.213. The highest BCUT2D eigenvalue weighted by Crippen LogP contribution is 2.41. The number of amides is 1. The first-order valence-electron chi connectivity index (χ1n) is 14.5. The molecule has 42 heavy (non-hydrogen) atoms. The van der Waals surface area contributed by atoms with E-state index < -0.39 is 11.5 Å². The largest absolute Gasteiger partial charge is 0.377 e. The molecule has 1 N–H and O–H groups in total. The van der Waals surface area contributed by atoms with Crippen molar-refractivity contribution in [1.82, 2.24) is 10.1 Å². The van der Waals surface area contributed by atoms with Crippen molar-refractivity contribution in [3.8, 4) is 11.1 Å². The molecule has 1 fully saturated rings. The minimum absolute atomic E-state index is 0.0596. The number of amidine groups is 1. The molecular formula is C32H38F2N4O3S. The minimum atomic E-state index is -2.82. The van der Waals surface area contributed by atoms with Gasteiger partial charge in [0.25, 0.3) is 5.91 Å². The number of alkyl halides is 2. The standard InChI is InChI=1S/C32H38F2N4O3S/c1-5-40-20-24-18-23(19-38-28(14-17-31(4,33)34)35-32(30(38)39)15-8-9-16-32)12-13-25(24)26-10-6-7-11-27(26)42-37-29-21(2)22(3)36-41-29/h6-7,10-13,18,37H,5,8-9,14-17,19-20H2,1-4H3. The van der Waals surface area contributed by atoms with Crippen LogP contribution < -0.4 is 4.72 Å². The summed E-state index contributed by atoms with van der Waals surface area (Å²) in [5, 5.41) is 4.03. The van der Waals surface area contributed by atoms with E-state index in [4.69, 9.17) is 14.3 Å². The number of nitrogens with one attached hydrogen (secondary N) is 1. The molecule has 1 saturated carbocycles. The van der Waals surface area contributed by atoms with Crippen LogP contribution in [0.15, 0.2) is 56.9 Å². The molecule has 0 unspecified atom stereocenters. The Bertz CT molecular complexity index is 1460. The van der Waals surface area contributed by atoms with Crippen LogP contribution in [0.4, 0.5) is 14.7 Å². The molecule has 5 rings (SSSR count). The van der Waals surface area contributed by atoms with Crippen molar-refractivity contribution < 1.29 is 22.8 Å². The van der Waals surface area contributed by atoms with E-state index in [-0.39, 0.29) is 25.3 Å². The summed E-state index contributed by atoms with van der Waals surface area (Å²) in [5.41, 5.74) is 4.95. The Balaban J connectivity index is 1.42. The third-order valence-corrected chi connectivity index (χ3v) is 8.94. The number of rotatable bonds is 12. The maximum Gasteiger partial charge on any atom is 0.256 e. The molecule has 10 heteroatoms. The number of ether oxygens (including phenoxy) is 1. The lowest BCUT2D eigenvalue weighted by Gasteiger charge is -2.24. The van der Waals surface area contributed by atoms with Crippen LogP contribution in [0.3, 0.4) is 0 Å². The van der Waals surface area contributed by atoms with Crippen molar-refractivity contribution in [2.24, 2.45) is 4.99 Å². The van der Waals surface area contributed by atoms with Gasteiger partial charge in [-0.05, 0) is 80.8 Å². The fraction of sp³-hybridized carbons (Fsp3) is 0.469. The van der Waals surface area contributed by atoms with Gasteiger partial charge in [-0.3, -0.25) is 19.4 Å². The second kappa shape index (κ2) is 12.6. The molecule has 0 saturated heterocycles. The molecule has 2 aromatic carbocycles. The highest BCUT2D eigenvalue weighted by atomic mass is 32.2. The topological polar surface area (TPSA) is 80.0 Å². The van der Waals surface area contributed by atoms with Crippen LogP contribution in [-0.4, -0.2) is 39.9 Å². The highest BCUT2D eigenvalue weighted by Gasteiger charge is 2.49. The van der Waals surface area contributed by atoms with Crippen molar-refractivity contribution in [2.45, 2.75) is 95.7 Å². The third kappa shape index (κ3) is 6.54. The number of hydrogen-bond donors (Lipinski definition) is 1.